The number of carbonyl (C=O) groups is 1. The number of benzene rings is 3. The molecular formula is C25H22BrN5O3S. The van der Waals surface area contributed by atoms with Gasteiger partial charge in [0, 0.05) is 27.4 Å². The van der Waals surface area contributed by atoms with E-state index in [0.29, 0.717) is 28.0 Å². The standard InChI is InChI=1S/C25H22BrN5O3S/c1-33-21-13-8-18(22(14-21)34-2)15-27-28-23(32)16-35-25-30-29-24(17-6-4-3-5-7-17)31(25)20-11-9-19(26)10-12-20/h3-15H,16H2,1-2H3,(H,28,32)/b27-15+. The molecule has 178 valence electrons. The molecule has 0 fully saturated rings. The SMILES string of the molecule is COc1ccc(/C=N/NC(=O)CSc2nnc(-c3ccccc3)n2-c2ccc(Br)cc2)c(OC)c1. The van der Waals surface area contributed by atoms with Gasteiger partial charge in [0.2, 0.25) is 0 Å². The Kier molecular flexibility index (Phi) is 8.17. The van der Waals surface area contributed by atoms with Crippen molar-refractivity contribution in [3.8, 4) is 28.6 Å². The first-order valence-corrected chi connectivity index (χ1v) is 12.3. The van der Waals surface area contributed by atoms with Gasteiger partial charge in [-0.25, -0.2) is 5.43 Å². The van der Waals surface area contributed by atoms with Gasteiger partial charge >= 0.3 is 0 Å². The van der Waals surface area contributed by atoms with Gasteiger partial charge in [-0.05, 0) is 36.4 Å². The van der Waals surface area contributed by atoms with Crippen molar-refractivity contribution >= 4 is 39.8 Å². The minimum Gasteiger partial charge on any atom is -0.497 e. The van der Waals surface area contributed by atoms with Gasteiger partial charge in [-0.3, -0.25) is 9.36 Å². The second kappa shape index (κ2) is 11.7. The highest BCUT2D eigenvalue weighted by molar-refractivity contribution is 9.10. The van der Waals surface area contributed by atoms with Crippen molar-refractivity contribution in [2.45, 2.75) is 5.16 Å². The van der Waals surface area contributed by atoms with Crippen LogP contribution in [0.3, 0.4) is 0 Å². The van der Waals surface area contributed by atoms with Crippen molar-refractivity contribution in [2.24, 2.45) is 5.10 Å². The largest absolute Gasteiger partial charge is 0.497 e. The molecule has 0 saturated carbocycles. The van der Waals surface area contributed by atoms with E-state index in [-0.39, 0.29) is 11.7 Å². The van der Waals surface area contributed by atoms with Gasteiger partial charge in [-0.2, -0.15) is 5.10 Å². The molecule has 0 radical (unpaired) electrons. The van der Waals surface area contributed by atoms with Crippen LogP contribution < -0.4 is 14.9 Å². The van der Waals surface area contributed by atoms with Gasteiger partial charge in [0.05, 0.1) is 26.2 Å². The van der Waals surface area contributed by atoms with Gasteiger partial charge in [0.15, 0.2) is 11.0 Å². The lowest BCUT2D eigenvalue weighted by Gasteiger charge is -2.10. The molecule has 0 bridgehead atoms. The Hall–Kier alpha value is -3.63. The van der Waals surface area contributed by atoms with Crippen molar-refractivity contribution in [3.63, 3.8) is 0 Å². The molecule has 0 spiro atoms. The van der Waals surface area contributed by atoms with E-state index in [1.165, 1.54) is 18.0 Å². The predicted molar refractivity (Wildman–Crippen MR) is 141 cm³/mol. The second-order valence-electron chi connectivity index (χ2n) is 7.17. The average molecular weight is 552 g/mol. The molecule has 0 saturated heterocycles. The third kappa shape index (κ3) is 6.09. The molecule has 3 aromatic carbocycles. The first kappa shape index (κ1) is 24.5. The predicted octanol–water partition coefficient (Wildman–Crippen LogP) is 4.96. The molecule has 1 aromatic heterocycles. The van der Waals surface area contributed by atoms with Gasteiger partial charge in [0.1, 0.15) is 11.5 Å². The number of halogens is 1. The lowest BCUT2D eigenvalue weighted by atomic mass is 10.2. The number of amides is 1. The first-order chi connectivity index (χ1) is 17.1. The fourth-order valence-electron chi connectivity index (χ4n) is 3.22. The average Bonchev–Trinajstić information content (AvgIpc) is 3.32. The molecule has 0 aliphatic rings. The summed E-state index contributed by atoms with van der Waals surface area (Å²) in [5.74, 6) is 1.79. The molecule has 35 heavy (non-hydrogen) atoms. The maximum Gasteiger partial charge on any atom is 0.250 e. The van der Waals surface area contributed by atoms with E-state index in [2.05, 4.69) is 36.7 Å². The van der Waals surface area contributed by atoms with Crippen LogP contribution in [-0.4, -0.2) is 46.9 Å². The summed E-state index contributed by atoms with van der Waals surface area (Å²) in [5.41, 5.74) is 5.08. The smallest absolute Gasteiger partial charge is 0.250 e. The Bertz CT molecular complexity index is 1330. The number of carbonyl (C=O) groups excluding carboxylic acids is 1. The molecule has 1 amide bonds. The minimum atomic E-state index is -0.273. The number of hydrogen-bond acceptors (Lipinski definition) is 7. The van der Waals surface area contributed by atoms with E-state index in [1.54, 1.807) is 32.4 Å². The van der Waals surface area contributed by atoms with Crippen LogP contribution in [0.15, 0.2) is 87.5 Å². The molecule has 1 heterocycles. The van der Waals surface area contributed by atoms with Gasteiger partial charge < -0.3 is 9.47 Å². The van der Waals surface area contributed by atoms with Crippen LogP contribution in [0.25, 0.3) is 17.1 Å². The highest BCUT2D eigenvalue weighted by Gasteiger charge is 2.17. The van der Waals surface area contributed by atoms with E-state index in [1.807, 2.05) is 59.2 Å². The third-order valence-corrected chi connectivity index (χ3v) is 6.37. The lowest BCUT2D eigenvalue weighted by molar-refractivity contribution is -0.118. The van der Waals surface area contributed by atoms with E-state index in [0.717, 1.165) is 15.7 Å². The number of nitrogens with zero attached hydrogens (tertiary/aromatic N) is 4. The summed E-state index contributed by atoms with van der Waals surface area (Å²) < 4.78 is 13.4. The van der Waals surface area contributed by atoms with E-state index < -0.39 is 0 Å². The molecule has 4 aromatic rings. The summed E-state index contributed by atoms with van der Waals surface area (Å²) in [7, 11) is 3.15. The number of aromatic nitrogens is 3. The van der Waals surface area contributed by atoms with E-state index >= 15 is 0 Å². The number of rotatable bonds is 9. The number of methoxy groups -OCH3 is 2. The van der Waals surface area contributed by atoms with Crippen LogP contribution in [0.4, 0.5) is 0 Å². The highest BCUT2D eigenvalue weighted by Crippen LogP contribution is 2.28. The van der Waals surface area contributed by atoms with Crippen LogP contribution in [-0.2, 0) is 4.79 Å². The zero-order valence-corrected chi connectivity index (χ0v) is 21.4. The van der Waals surface area contributed by atoms with Crippen LogP contribution >= 0.6 is 27.7 Å². The van der Waals surface area contributed by atoms with Gasteiger partial charge in [0.25, 0.3) is 5.91 Å². The summed E-state index contributed by atoms with van der Waals surface area (Å²) in [6.07, 6.45) is 1.53. The summed E-state index contributed by atoms with van der Waals surface area (Å²) in [6.45, 7) is 0. The lowest BCUT2D eigenvalue weighted by Crippen LogP contribution is -2.20. The molecule has 0 aliphatic carbocycles. The molecule has 1 N–H and O–H groups in total. The molecule has 0 unspecified atom stereocenters. The Labute approximate surface area is 215 Å². The van der Waals surface area contributed by atoms with Crippen LogP contribution in [0.5, 0.6) is 11.5 Å². The molecule has 0 aliphatic heterocycles. The fraction of sp³-hybridized carbons (Fsp3) is 0.120. The molecule has 4 rings (SSSR count). The van der Waals surface area contributed by atoms with Crippen molar-refractivity contribution in [1.82, 2.24) is 20.2 Å². The normalized spacial score (nSPS) is 10.9. The van der Waals surface area contributed by atoms with E-state index in [9.17, 15) is 4.79 Å². The summed E-state index contributed by atoms with van der Waals surface area (Å²) in [5, 5.41) is 13.4. The molecular weight excluding hydrogens is 530 g/mol. The zero-order chi connectivity index (χ0) is 24.6. The minimum absolute atomic E-state index is 0.112. The van der Waals surface area contributed by atoms with Crippen LogP contribution in [0.1, 0.15) is 5.56 Å². The number of hydrazone groups is 1. The van der Waals surface area contributed by atoms with Crippen molar-refractivity contribution in [3.05, 3.63) is 82.8 Å². The number of hydrogen-bond donors (Lipinski definition) is 1. The van der Waals surface area contributed by atoms with Crippen molar-refractivity contribution in [1.29, 1.82) is 0 Å². The fourth-order valence-corrected chi connectivity index (χ4v) is 4.23. The summed E-state index contributed by atoms with van der Waals surface area (Å²) in [6, 6.07) is 23.0. The van der Waals surface area contributed by atoms with Gasteiger partial charge in [-0.1, -0.05) is 58.0 Å². The van der Waals surface area contributed by atoms with Crippen molar-refractivity contribution in [2.75, 3.05) is 20.0 Å². The monoisotopic (exact) mass is 551 g/mol. The first-order valence-electron chi connectivity index (χ1n) is 10.5. The Morgan fingerprint density at radius 3 is 2.54 bits per heavy atom. The summed E-state index contributed by atoms with van der Waals surface area (Å²) >= 11 is 4.75. The Morgan fingerprint density at radius 2 is 1.83 bits per heavy atom. The highest BCUT2D eigenvalue weighted by atomic mass is 79.9. The molecule has 10 heteroatoms. The molecule has 8 nitrogen and oxygen atoms in total. The topological polar surface area (TPSA) is 90.6 Å². The van der Waals surface area contributed by atoms with E-state index in [4.69, 9.17) is 9.47 Å². The van der Waals surface area contributed by atoms with Crippen LogP contribution in [0.2, 0.25) is 0 Å². The maximum absolute atomic E-state index is 12.5. The Balaban J connectivity index is 1.48. The van der Waals surface area contributed by atoms with Gasteiger partial charge in [-0.15, -0.1) is 10.2 Å². The quantitative estimate of drug-likeness (QED) is 0.180. The zero-order valence-electron chi connectivity index (χ0n) is 19.0. The van der Waals surface area contributed by atoms with Crippen molar-refractivity contribution < 1.29 is 14.3 Å². The van der Waals surface area contributed by atoms with Crippen LogP contribution in [0, 0.1) is 0 Å². The number of nitrogens with one attached hydrogen (secondary N) is 1. The third-order valence-electron chi connectivity index (χ3n) is 4.92. The Morgan fingerprint density at radius 1 is 1.06 bits per heavy atom. The molecule has 0 atom stereocenters. The second-order valence-corrected chi connectivity index (χ2v) is 9.03. The number of thioether (sulfide) groups is 1. The number of ether oxygens (including phenoxy) is 2. The summed E-state index contributed by atoms with van der Waals surface area (Å²) in [4.78, 5) is 12.5. The maximum atomic E-state index is 12.5.